The highest BCUT2D eigenvalue weighted by Crippen LogP contribution is 2.23. The molecule has 0 spiro atoms. The summed E-state index contributed by atoms with van der Waals surface area (Å²) < 4.78 is 0. The molecular formula is C16H21NO. The lowest BCUT2D eigenvalue weighted by molar-refractivity contribution is 0.176. The molecule has 0 heterocycles. The van der Waals surface area contributed by atoms with Crippen LogP contribution in [0.4, 0.5) is 0 Å². The third-order valence-electron chi connectivity index (χ3n) is 3.23. The second kappa shape index (κ2) is 6.53. The largest absolute Gasteiger partial charge is 0.387 e. The summed E-state index contributed by atoms with van der Waals surface area (Å²) in [6.07, 6.45) is 1.90. The summed E-state index contributed by atoms with van der Waals surface area (Å²) in [6, 6.07) is 14.3. The summed E-state index contributed by atoms with van der Waals surface area (Å²) >= 11 is 0. The number of rotatable bonds is 6. The molecule has 0 unspecified atom stereocenters. The summed E-state index contributed by atoms with van der Waals surface area (Å²) in [5.74, 6) is 0. The van der Waals surface area contributed by atoms with Gasteiger partial charge in [-0.3, -0.25) is 0 Å². The molecule has 2 nitrogen and oxygen atoms in total. The van der Waals surface area contributed by atoms with Gasteiger partial charge in [0.2, 0.25) is 0 Å². The topological polar surface area (TPSA) is 32.3 Å². The molecule has 2 N–H and O–H groups in total. The normalized spacial score (nSPS) is 12.8. The molecule has 0 aromatic heterocycles. The number of aliphatic hydroxyl groups excluding tert-OH is 1. The molecule has 2 aromatic carbocycles. The van der Waals surface area contributed by atoms with E-state index < -0.39 is 6.10 Å². The summed E-state index contributed by atoms with van der Waals surface area (Å²) in [4.78, 5) is 0. The van der Waals surface area contributed by atoms with Gasteiger partial charge >= 0.3 is 0 Å². The second-order valence-electron chi connectivity index (χ2n) is 4.64. The van der Waals surface area contributed by atoms with E-state index in [9.17, 15) is 5.11 Å². The smallest absolute Gasteiger partial charge is 0.0920 e. The molecule has 0 bridgehead atoms. The van der Waals surface area contributed by atoms with Gasteiger partial charge in [0.05, 0.1) is 6.10 Å². The van der Waals surface area contributed by atoms with Crippen molar-refractivity contribution in [2.75, 3.05) is 13.1 Å². The lowest BCUT2D eigenvalue weighted by Crippen LogP contribution is -2.22. The van der Waals surface area contributed by atoms with Crippen LogP contribution in [0.2, 0.25) is 0 Å². The number of benzene rings is 2. The van der Waals surface area contributed by atoms with E-state index in [4.69, 9.17) is 0 Å². The van der Waals surface area contributed by atoms with Gasteiger partial charge in [-0.15, -0.1) is 0 Å². The van der Waals surface area contributed by atoms with Gasteiger partial charge in [0.15, 0.2) is 0 Å². The van der Waals surface area contributed by atoms with Crippen LogP contribution in [0, 0.1) is 0 Å². The maximum Gasteiger partial charge on any atom is 0.0920 e. The SMILES string of the molecule is CCCCNC[C@@H](O)c1cccc2ccccc12. The number of unbranched alkanes of at least 4 members (excludes halogenated alkanes) is 1. The molecule has 1 atom stereocenters. The molecular weight excluding hydrogens is 222 g/mol. The first-order valence-electron chi connectivity index (χ1n) is 6.69. The van der Waals surface area contributed by atoms with Gasteiger partial charge in [0.25, 0.3) is 0 Å². The average Bonchev–Trinajstić information content (AvgIpc) is 2.43. The Kier molecular flexibility index (Phi) is 4.73. The minimum atomic E-state index is -0.437. The summed E-state index contributed by atoms with van der Waals surface area (Å²) in [6.45, 7) is 3.76. The second-order valence-corrected chi connectivity index (χ2v) is 4.64. The molecule has 2 aromatic rings. The Labute approximate surface area is 109 Å². The van der Waals surface area contributed by atoms with E-state index in [1.54, 1.807) is 0 Å². The van der Waals surface area contributed by atoms with Crippen molar-refractivity contribution in [2.24, 2.45) is 0 Å². The van der Waals surface area contributed by atoms with Crippen LogP contribution in [0.15, 0.2) is 42.5 Å². The highest BCUT2D eigenvalue weighted by atomic mass is 16.3. The van der Waals surface area contributed by atoms with E-state index in [0.717, 1.165) is 23.9 Å². The van der Waals surface area contributed by atoms with Crippen LogP contribution in [0.25, 0.3) is 10.8 Å². The van der Waals surface area contributed by atoms with Crippen molar-refractivity contribution in [2.45, 2.75) is 25.9 Å². The number of nitrogens with one attached hydrogen (secondary N) is 1. The summed E-state index contributed by atoms with van der Waals surface area (Å²) in [5.41, 5.74) is 1.01. The van der Waals surface area contributed by atoms with Gasteiger partial charge < -0.3 is 10.4 Å². The van der Waals surface area contributed by atoms with Crippen molar-refractivity contribution in [1.82, 2.24) is 5.32 Å². The molecule has 0 amide bonds. The minimum Gasteiger partial charge on any atom is -0.387 e. The van der Waals surface area contributed by atoms with Gasteiger partial charge in [-0.05, 0) is 29.3 Å². The van der Waals surface area contributed by atoms with E-state index in [-0.39, 0.29) is 0 Å². The molecule has 0 saturated heterocycles. The van der Waals surface area contributed by atoms with Gasteiger partial charge in [0.1, 0.15) is 0 Å². The Morgan fingerprint density at radius 2 is 1.89 bits per heavy atom. The summed E-state index contributed by atoms with van der Waals surface area (Å²) in [5, 5.41) is 15.9. The standard InChI is InChI=1S/C16H21NO/c1-2-3-11-17-12-16(18)15-10-6-8-13-7-4-5-9-14(13)15/h4-10,16-18H,2-3,11-12H2,1H3/t16-/m1/s1. The fourth-order valence-electron chi connectivity index (χ4n) is 2.19. The minimum absolute atomic E-state index is 0.437. The third-order valence-corrected chi connectivity index (χ3v) is 3.23. The maximum absolute atomic E-state index is 10.3. The number of hydrogen-bond donors (Lipinski definition) is 2. The van der Waals surface area contributed by atoms with Gasteiger partial charge in [-0.1, -0.05) is 55.8 Å². The van der Waals surface area contributed by atoms with Crippen molar-refractivity contribution in [3.05, 3.63) is 48.0 Å². The first kappa shape index (κ1) is 13.1. The predicted molar refractivity (Wildman–Crippen MR) is 76.7 cm³/mol. The Morgan fingerprint density at radius 3 is 2.72 bits per heavy atom. The van der Waals surface area contributed by atoms with E-state index in [2.05, 4.69) is 30.4 Å². The Bertz CT molecular complexity index is 490. The molecule has 0 aliphatic heterocycles. The van der Waals surface area contributed by atoms with Crippen molar-refractivity contribution in [3.8, 4) is 0 Å². The Morgan fingerprint density at radius 1 is 1.11 bits per heavy atom. The summed E-state index contributed by atoms with van der Waals surface area (Å²) in [7, 11) is 0. The fraction of sp³-hybridized carbons (Fsp3) is 0.375. The van der Waals surface area contributed by atoms with Crippen molar-refractivity contribution in [1.29, 1.82) is 0 Å². The van der Waals surface area contributed by atoms with E-state index in [0.29, 0.717) is 6.54 Å². The molecule has 96 valence electrons. The van der Waals surface area contributed by atoms with Crippen LogP contribution < -0.4 is 5.32 Å². The molecule has 2 rings (SSSR count). The number of fused-ring (bicyclic) bond motifs is 1. The fourth-order valence-corrected chi connectivity index (χ4v) is 2.19. The average molecular weight is 243 g/mol. The van der Waals surface area contributed by atoms with Crippen molar-refractivity contribution < 1.29 is 5.11 Å². The molecule has 18 heavy (non-hydrogen) atoms. The van der Waals surface area contributed by atoms with Crippen molar-refractivity contribution >= 4 is 10.8 Å². The maximum atomic E-state index is 10.3. The first-order valence-corrected chi connectivity index (χ1v) is 6.69. The van der Waals surface area contributed by atoms with E-state index >= 15 is 0 Å². The molecule has 0 fully saturated rings. The zero-order chi connectivity index (χ0) is 12.8. The zero-order valence-electron chi connectivity index (χ0n) is 10.9. The molecule has 0 radical (unpaired) electrons. The van der Waals surface area contributed by atoms with Crippen LogP contribution in [0.1, 0.15) is 31.4 Å². The molecule has 0 aliphatic rings. The van der Waals surface area contributed by atoms with Gasteiger partial charge in [0, 0.05) is 6.54 Å². The molecule has 0 saturated carbocycles. The molecule has 2 heteroatoms. The lowest BCUT2D eigenvalue weighted by atomic mass is 10.0. The van der Waals surface area contributed by atoms with Crippen LogP contribution in [-0.4, -0.2) is 18.2 Å². The number of aliphatic hydroxyl groups is 1. The molecule has 0 aliphatic carbocycles. The van der Waals surface area contributed by atoms with E-state index in [1.807, 2.05) is 24.3 Å². The van der Waals surface area contributed by atoms with E-state index in [1.165, 1.54) is 11.8 Å². The van der Waals surface area contributed by atoms with Crippen LogP contribution in [0.3, 0.4) is 0 Å². The van der Waals surface area contributed by atoms with Crippen LogP contribution in [0.5, 0.6) is 0 Å². The van der Waals surface area contributed by atoms with Gasteiger partial charge in [-0.25, -0.2) is 0 Å². The zero-order valence-corrected chi connectivity index (χ0v) is 10.9. The third kappa shape index (κ3) is 3.09. The predicted octanol–water partition coefficient (Wildman–Crippen LogP) is 3.26. The van der Waals surface area contributed by atoms with Crippen LogP contribution in [-0.2, 0) is 0 Å². The van der Waals surface area contributed by atoms with Gasteiger partial charge in [-0.2, -0.15) is 0 Å². The monoisotopic (exact) mass is 243 g/mol. The quantitative estimate of drug-likeness (QED) is 0.763. The first-order chi connectivity index (χ1) is 8.83. The van der Waals surface area contributed by atoms with Crippen molar-refractivity contribution in [3.63, 3.8) is 0 Å². The highest BCUT2D eigenvalue weighted by Gasteiger charge is 2.09. The Balaban J connectivity index is 2.10. The highest BCUT2D eigenvalue weighted by molar-refractivity contribution is 5.85. The van der Waals surface area contributed by atoms with Crippen LogP contribution >= 0.6 is 0 Å². The number of hydrogen-bond acceptors (Lipinski definition) is 2. The lowest BCUT2D eigenvalue weighted by Gasteiger charge is -2.14. The Hall–Kier alpha value is -1.38.